The molecule has 0 saturated carbocycles. The van der Waals surface area contributed by atoms with Gasteiger partial charge < -0.3 is 28.9 Å². The topological polar surface area (TPSA) is 80.3 Å². The van der Waals surface area contributed by atoms with Crippen LogP contribution in [0, 0.1) is 0 Å². The van der Waals surface area contributed by atoms with Crippen LogP contribution in [-0.2, 0) is 4.79 Å². The Morgan fingerprint density at radius 1 is 1.20 bits per heavy atom. The smallest absolute Gasteiger partial charge is 0.322 e. The molecule has 3 aliphatic rings. The van der Waals surface area contributed by atoms with Crippen molar-refractivity contribution in [1.82, 2.24) is 19.8 Å². The van der Waals surface area contributed by atoms with Crippen LogP contribution < -0.4 is 19.1 Å². The van der Waals surface area contributed by atoms with E-state index in [-0.39, 0.29) is 24.6 Å². The number of anilines is 1. The van der Waals surface area contributed by atoms with Gasteiger partial charge in [0.25, 0.3) is 5.88 Å². The zero-order valence-corrected chi connectivity index (χ0v) is 23.6. The Kier molecular flexibility index (Phi) is 7.42. The molecule has 0 N–H and O–H groups in total. The highest BCUT2D eigenvalue weighted by molar-refractivity contribution is 6.35. The predicted octanol–water partition coefficient (Wildman–Crippen LogP) is 4.49. The summed E-state index contributed by atoms with van der Waals surface area (Å²) in [5, 5.41) is 2.64. The van der Waals surface area contributed by atoms with E-state index in [1.807, 2.05) is 36.4 Å². The Bertz CT molecular complexity index is 1430. The minimum absolute atomic E-state index is 0.0105. The first-order valence-corrected chi connectivity index (χ1v) is 14.2. The van der Waals surface area contributed by atoms with Gasteiger partial charge in [-0.3, -0.25) is 4.79 Å². The first-order chi connectivity index (χ1) is 19.4. The van der Waals surface area contributed by atoms with Crippen molar-refractivity contribution in [3.8, 4) is 17.6 Å². The molecule has 2 aromatic carbocycles. The summed E-state index contributed by atoms with van der Waals surface area (Å²) in [5.41, 5.74) is 0.939. The average Bonchev–Trinajstić information content (AvgIpc) is 3.39. The number of amides is 1. The molecule has 3 aromatic rings. The van der Waals surface area contributed by atoms with Gasteiger partial charge in [-0.2, -0.15) is 9.97 Å². The Hall–Kier alpha value is -3.56. The van der Waals surface area contributed by atoms with Gasteiger partial charge in [-0.1, -0.05) is 48.5 Å². The summed E-state index contributed by atoms with van der Waals surface area (Å²) in [6.45, 7) is 9.21. The van der Waals surface area contributed by atoms with Gasteiger partial charge in [0.1, 0.15) is 13.2 Å². The van der Waals surface area contributed by atoms with Gasteiger partial charge in [0, 0.05) is 47.7 Å². The molecule has 2 fully saturated rings. The largest absolute Gasteiger partial charge is 0.481 e. The number of fused-ring (bicyclic) bond motifs is 2. The van der Waals surface area contributed by atoms with Crippen LogP contribution in [0.1, 0.15) is 31.4 Å². The fraction of sp³-hybridized carbons (Fsp3) is 0.433. The van der Waals surface area contributed by atoms with Crippen LogP contribution in [0.2, 0.25) is 5.02 Å². The lowest BCUT2D eigenvalue weighted by molar-refractivity contribution is -0.126. The third-order valence-electron chi connectivity index (χ3n) is 8.12. The Morgan fingerprint density at radius 3 is 2.77 bits per heavy atom. The number of likely N-dealkylation sites (tertiary alicyclic amines) is 1. The molecule has 210 valence electrons. The SMILES string of the molecule is C=CC(=O)N1CCN(c2nc(OC[C@@H]3CCCN3C)nc3c2OCC(c2cccc4cccc(Cl)c24)O3)[C@@H](C)C1. The molecule has 0 aliphatic carbocycles. The van der Waals surface area contributed by atoms with Crippen molar-refractivity contribution < 1.29 is 19.0 Å². The molecule has 3 atom stereocenters. The summed E-state index contributed by atoms with van der Waals surface area (Å²) in [4.78, 5) is 28.0. The minimum atomic E-state index is -0.410. The molecule has 1 unspecified atom stereocenters. The molecule has 0 radical (unpaired) electrons. The van der Waals surface area contributed by atoms with E-state index in [1.165, 1.54) is 6.08 Å². The summed E-state index contributed by atoms with van der Waals surface area (Å²) >= 11 is 6.62. The van der Waals surface area contributed by atoms with Crippen molar-refractivity contribution in [1.29, 1.82) is 0 Å². The third kappa shape index (κ3) is 5.04. The standard InChI is InChI=1S/C30H34ClN5O4/c1-4-25(37)35-14-15-36(19(2)16-35)28-27-29(33-30(32-28)39-17-21-10-7-13-34(21)3)40-24(18-38-27)22-11-5-8-20-9-6-12-23(31)26(20)22/h4-6,8-9,11-12,19,21,24H,1,7,10,13-18H2,2-3H3/t19-,21-,24?/m0/s1. The van der Waals surface area contributed by atoms with Crippen molar-refractivity contribution in [2.75, 3.05) is 51.3 Å². The lowest BCUT2D eigenvalue weighted by Gasteiger charge is -2.41. The Morgan fingerprint density at radius 2 is 2.02 bits per heavy atom. The highest BCUT2D eigenvalue weighted by atomic mass is 35.5. The van der Waals surface area contributed by atoms with Crippen LogP contribution in [0.25, 0.3) is 10.8 Å². The zero-order chi connectivity index (χ0) is 27.8. The number of likely N-dealkylation sites (N-methyl/N-ethyl adjacent to an activating group) is 1. The van der Waals surface area contributed by atoms with Gasteiger partial charge in [-0.25, -0.2) is 0 Å². The fourth-order valence-corrected chi connectivity index (χ4v) is 6.19. The number of aromatic nitrogens is 2. The van der Waals surface area contributed by atoms with Crippen molar-refractivity contribution in [2.45, 2.75) is 38.0 Å². The Balaban J connectivity index is 1.33. The lowest BCUT2D eigenvalue weighted by atomic mass is 10.00. The number of nitrogens with zero attached hydrogens (tertiary/aromatic N) is 5. The fourth-order valence-electron chi connectivity index (χ4n) is 5.90. The monoisotopic (exact) mass is 563 g/mol. The summed E-state index contributed by atoms with van der Waals surface area (Å²) in [6, 6.07) is 12.5. The molecule has 40 heavy (non-hydrogen) atoms. The lowest BCUT2D eigenvalue weighted by Crippen LogP contribution is -2.53. The number of hydrogen-bond donors (Lipinski definition) is 0. The average molecular weight is 564 g/mol. The highest BCUT2D eigenvalue weighted by Gasteiger charge is 2.35. The first-order valence-electron chi connectivity index (χ1n) is 13.8. The Labute approximate surface area is 239 Å². The first kappa shape index (κ1) is 26.7. The summed E-state index contributed by atoms with van der Waals surface area (Å²) < 4.78 is 19.1. The van der Waals surface area contributed by atoms with Crippen LogP contribution in [0.4, 0.5) is 5.82 Å². The highest BCUT2D eigenvalue weighted by Crippen LogP contribution is 2.44. The van der Waals surface area contributed by atoms with E-state index in [0.29, 0.717) is 54.8 Å². The number of ether oxygens (including phenoxy) is 3. The van der Waals surface area contributed by atoms with Crippen molar-refractivity contribution in [3.05, 3.63) is 59.6 Å². The van der Waals surface area contributed by atoms with Gasteiger partial charge in [0.2, 0.25) is 11.7 Å². The minimum Gasteiger partial charge on any atom is -0.481 e. The summed E-state index contributed by atoms with van der Waals surface area (Å²) in [6.07, 6.45) is 3.18. The van der Waals surface area contributed by atoms with Crippen LogP contribution in [0.5, 0.6) is 17.6 Å². The summed E-state index contributed by atoms with van der Waals surface area (Å²) in [7, 11) is 2.11. The number of carbonyl (C=O) groups is 1. The number of benzene rings is 2. The summed E-state index contributed by atoms with van der Waals surface area (Å²) in [5.74, 6) is 1.38. The van der Waals surface area contributed by atoms with E-state index < -0.39 is 6.10 Å². The number of halogens is 1. The molecule has 2 saturated heterocycles. The van der Waals surface area contributed by atoms with Crippen LogP contribution >= 0.6 is 11.6 Å². The zero-order valence-electron chi connectivity index (χ0n) is 22.9. The maximum absolute atomic E-state index is 12.3. The van der Waals surface area contributed by atoms with E-state index in [9.17, 15) is 4.79 Å². The molecule has 1 amide bonds. The second-order valence-electron chi connectivity index (χ2n) is 10.7. The quantitative estimate of drug-likeness (QED) is 0.406. The maximum Gasteiger partial charge on any atom is 0.322 e. The molecule has 10 heteroatoms. The van der Waals surface area contributed by atoms with Gasteiger partial charge in [-0.15, -0.1) is 0 Å². The van der Waals surface area contributed by atoms with E-state index >= 15 is 0 Å². The molecule has 6 rings (SSSR count). The normalized spacial score (nSPS) is 22.9. The molecule has 4 heterocycles. The van der Waals surface area contributed by atoms with Gasteiger partial charge in [-0.05, 0) is 50.9 Å². The number of piperazine rings is 1. The van der Waals surface area contributed by atoms with Crippen molar-refractivity contribution >= 4 is 34.1 Å². The second kappa shape index (κ2) is 11.1. The van der Waals surface area contributed by atoms with E-state index in [0.717, 1.165) is 35.7 Å². The number of rotatable bonds is 6. The molecular formula is C30H34ClN5O4. The number of hydrogen-bond acceptors (Lipinski definition) is 8. The van der Waals surface area contributed by atoms with Crippen LogP contribution in [0.15, 0.2) is 49.1 Å². The second-order valence-corrected chi connectivity index (χ2v) is 11.1. The van der Waals surface area contributed by atoms with Gasteiger partial charge in [0.05, 0.1) is 0 Å². The van der Waals surface area contributed by atoms with E-state index in [2.05, 4.69) is 35.3 Å². The third-order valence-corrected chi connectivity index (χ3v) is 8.44. The molecule has 9 nitrogen and oxygen atoms in total. The van der Waals surface area contributed by atoms with E-state index in [4.69, 9.17) is 30.8 Å². The maximum atomic E-state index is 12.3. The molecule has 0 bridgehead atoms. The number of carbonyl (C=O) groups excluding carboxylic acids is 1. The van der Waals surface area contributed by atoms with Crippen LogP contribution in [0.3, 0.4) is 0 Å². The molecule has 1 aromatic heterocycles. The van der Waals surface area contributed by atoms with Crippen molar-refractivity contribution in [2.24, 2.45) is 0 Å². The molecule has 3 aliphatic heterocycles. The van der Waals surface area contributed by atoms with Crippen molar-refractivity contribution in [3.63, 3.8) is 0 Å². The van der Waals surface area contributed by atoms with Crippen LogP contribution in [-0.4, -0.2) is 84.2 Å². The predicted molar refractivity (Wildman–Crippen MR) is 155 cm³/mol. The molecular weight excluding hydrogens is 530 g/mol. The van der Waals surface area contributed by atoms with Gasteiger partial charge >= 0.3 is 6.01 Å². The van der Waals surface area contributed by atoms with E-state index in [1.54, 1.807) is 4.90 Å². The molecule has 0 spiro atoms. The van der Waals surface area contributed by atoms with Gasteiger partial charge in [0.15, 0.2) is 11.9 Å².